The van der Waals surface area contributed by atoms with Crippen molar-refractivity contribution in [2.45, 2.75) is 32.7 Å². The highest BCUT2D eigenvalue weighted by atomic mass is 79.9. The summed E-state index contributed by atoms with van der Waals surface area (Å²) in [5, 5.41) is 3.37. The van der Waals surface area contributed by atoms with Crippen molar-refractivity contribution in [2.24, 2.45) is 5.92 Å². The predicted molar refractivity (Wildman–Crippen MR) is 85.4 cm³/mol. The summed E-state index contributed by atoms with van der Waals surface area (Å²) in [6, 6.07) is 5.46. The zero-order valence-electron chi connectivity index (χ0n) is 12.3. The molecule has 0 amide bonds. The van der Waals surface area contributed by atoms with Crippen LogP contribution >= 0.6 is 15.9 Å². The van der Waals surface area contributed by atoms with Crippen molar-refractivity contribution in [1.82, 2.24) is 10.2 Å². The third kappa shape index (κ3) is 4.03. The lowest BCUT2D eigenvalue weighted by Crippen LogP contribution is -2.45. The fourth-order valence-electron chi connectivity index (χ4n) is 2.82. The van der Waals surface area contributed by atoms with E-state index in [0.717, 1.165) is 49.1 Å². The lowest BCUT2D eigenvalue weighted by molar-refractivity contribution is 0.156. The van der Waals surface area contributed by atoms with Crippen molar-refractivity contribution in [3.63, 3.8) is 0 Å². The molecular formula is C16H24BrFN2. The van der Waals surface area contributed by atoms with Gasteiger partial charge >= 0.3 is 0 Å². The number of nitrogens with one attached hydrogen (secondary N) is 1. The number of piperazine rings is 1. The first kappa shape index (κ1) is 15.9. The van der Waals surface area contributed by atoms with Gasteiger partial charge in [-0.1, -0.05) is 35.8 Å². The Balaban J connectivity index is 2.24. The predicted octanol–water partition coefficient (Wildman–Crippen LogP) is 3.97. The maximum atomic E-state index is 14.3. The van der Waals surface area contributed by atoms with E-state index >= 15 is 0 Å². The molecule has 0 bridgehead atoms. The highest BCUT2D eigenvalue weighted by Gasteiger charge is 2.26. The van der Waals surface area contributed by atoms with Crippen molar-refractivity contribution < 1.29 is 4.39 Å². The largest absolute Gasteiger partial charge is 0.314 e. The molecule has 0 unspecified atom stereocenters. The Labute approximate surface area is 129 Å². The summed E-state index contributed by atoms with van der Waals surface area (Å²) < 4.78 is 15.2. The normalized spacial score (nSPS) is 18.4. The summed E-state index contributed by atoms with van der Waals surface area (Å²) in [7, 11) is 0. The van der Waals surface area contributed by atoms with Crippen LogP contribution in [0.25, 0.3) is 0 Å². The van der Waals surface area contributed by atoms with E-state index in [1.54, 1.807) is 12.1 Å². The van der Waals surface area contributed by atoms with Crippen LogP contribution in [0.3, 0.4) is 0 Å². The molecule has 20 heavy (non-hydrogen) atoms. The molecule has 1 saturated heterocycles. The summed E-state index contributed by atoms with van der Waals surface area (Å²) in [6.07, 6.45) is 2.13. The molecule has 0 saturated carbocycles. The van der Waals surface area contributed by atoms with Crippen LogP contribution in [0.1, 0.15) is 38.3 Å². The van der Waals surface area contributed by atoms with Crippen LogP contribution in [0.2, 0.25) is 0 Å². The van der Waals surface area contributed by atoms with Gasteiger partial charge in [0.05, 0.1) is 0 Å². The van der Waals surface area contributed by atoms with E-state index in [9.17, 15) is 4.39 Å². The minimum absolute atomic E-state index is 0.0911. The fourth-order valence-corrected chi connectivity index (χ4v) is 3.43. The Morgan fingerprint density at radius 2 is 1.95 bits per heavy atom. The molecule has 112 valence electrons. The van der Waals surface area contributed by atoms with Crippen LogP contribution < -0.4 is 5.32 Å². The number of halogens is 2. The Morgan fingerprint density at radius 3 is 2.55 bits per heavy atom. The number of hydrogen-bond donors (Lipinski definition) is 1. The Bertz CT molecular complexity index is 410. The highest BCUT2D eigenvalue weighted by Crippen LogP contribution is 2.34. The Hall–Kier alpha value is -0.450. The van der Waals surface area contributed by atoms with Crippen molar-refractivity contribution in [2.75, 3.05) is 26.2 Å². The number of hydrogen-bond acceptors (Lipinski definition) is 2. The fraction of sp³-hybridized carbons (Fsp3) is 0.625. The molecule has 1 fully saturated rings. The molecule has 0 aromatic heterocycles. The van der Waals surface area contributed by atoms with Gasteiger partial charge in [-0.25, -0.2) is 4.39 Å². The van der Waals surface area contributed by atoms with Gasteiger partial charge in [-0.05, 0) is 30.9 Å². The molecular weight excluding hydrogens is 319 g/mol. The second-order valence-corrected chi connectivity index (χ2v) is 6.76. The van der Waals surface area contributed by atoms with Gasteiger partial charge in [-0.2, -0.15) is 0 Å². The van der Waals surface area contributed by atoms with Crippen molar-refractivity contribution in [3.8, 4) is 0 Å². The van der Waals surface area contributed by atoms with Gasteiger partial charge in [0.15, 0.2) is 0 Å². The minimum atomic E-state index is -0.0911. The summed E-state index contributed by atoms with van der Waals surface area (Å²) in [6.45, 7) is 8.41. The van der Waals surface area contributed by atoms with E-state index in [0.29, 0.717) is 5.92 Å². The van der Waals surface area contributed by atoms with E-state index in [4.69, 9.17) is 0 Å². The molecule has 1 aliphatic rings. The molecule has 2 rings (SSSR count). The standard InChI is InChI=1S/C16H24BrFN2/c1-12(2)6-7-15(20-10-8-19-9-11-20)16-13(17)4-3-5-14(16)18/h3-5,12,15,19H,6-11H2,1-2H3/t15-/m0/s1. The van der Waals surface area contributed by atoms with Crippen LogP contribution in [0.5, 0.6) is 0 Å². The lowest BCUT2D eigenvalue weighted by atomic mass is 9.95. The number of nitrogens with zero attached hydrogens (tertiary/aromatic N) is 1. The van der Waals surface area contributed by atoms with Gasteiger partial charge in [0.25, 0.3) is 0 Å². The molecule has 0 aliphatic carbocycles. The molecule has 0 radical (unpaired) electrons. The van der Waals surface area contributed by atoms with E-state index in [1.165, 1.54) is 0 Å². The molecule has 1 aromatic rings. The monoisotopic (exact) mass is 342 g/mol. The van der Waals surface area contributed by atoms with Crippen molar-refractivity contribution in [3.05, 3.63) is 34.1 Å². The third-order valence-electron chi connectivity index (χ3n) is 3.94. The summed E-state index contributed by atoms with van der Waals surface area (Å²) >= 11 is 3.54. The zero-order valence-corrected chi connectivity index (χ0v) is 13.9. The first-order valence-corrected chi connectivity index (χ1v) is 8.27. The Morgan fingerprint density at radius 1 is 1.25 bits per heavy atom. The molecule has 2 nitrogen and oxygen atoms in total. The first-order chi connectivity index (χ1) is 9.59. The van der Waals surface area contributed by atoms with Gasteiger partial charge in [0.1, 0.15) is 5.82 Å². The summed E-state index contributed by atoms with van der Waals surface area (Å²) in [4.78, 5) is 2.42. The quantitative estimate of drug-likeness (QED) is 0.870. The SMILES string of the molecule is CC(C)CC[C@@H](c1c(F)cccc1Br)N1CCNCC1. The molecule has 0 spiro atoms. The minimum Gasteiger partial charge on any atom is -0.314 e. The molecule has 1 aromatic carbocycles. The smallest absolute Gasteiger partial charge is 0.129 e. The van der Waals surface area contributed by atoms with E-state index in [2.05, 4.69) is 40.0 Å². The second kappa shape index (κ2) is 7.53. The van der Waals surface area contributed by atoms with Crippen LogP contribution in [-0.4, -0.2) is 31.1 Å². The van der Waals surface area contributed by atoms with Crippen LogP contribution in [0.15, 0.2) is 22.7 Å². The van der Waals surface area contributed by atoms with Crippen molar-refractivity contribution in [1.29, 1.82) is 0 Å². The van der Waals surface area contributed by atoms with Gasteiger partial charge in [0, 0.05) is 42.3 Å². The van der Waals surface area contributed by atoms with Gasteiger partial charge < -0.3 is 5.32 Å². The van der Waals surface area contributed by atoms with Gasteiger partial charge in [-0.15, -0.1) is 0 Å². The van der Waals surface area contributed by atoms with E-state index in [-0.39, 0.29) is 11.9 Å². The second-order valence-electron chi connectivity index (χ2n) is 5.91. The molecule has 1 atom stereocenters. The average molecular weight is 343 g/mol. The van der Waals surface area contributed by atoms with Crippen molar-refractivity contribution >= 4 is 15.9 Å². The van der Waals surface area contributed by atoms with E-state index < -0.39 is 0 Å². The van der Waals surface area contributed by atoms with Gasteiger partial charge in [-0.3, -0.25) is 4.90 Å². The van der Waals surface area contributed by atoms with Gasteiger partial charge in [0.2, 0.25) is 0 Å². The van der Waals surface area contributed by atoms with Crippen LogP contribution in [0, 0.1) is 11.7 Å². The average Bonchev–Trinajstić information content (AvgIpc) is 2.42. The number of rotatable bonds is 5. The first-order valence-electron chi connectivity index (χ1n) is 7.48. The highest BCUT2D eigenvalue weighted by molar-refractivity contribution is 9.10. The lowest BCUT2D eigenvalue weighted by Gasteiger charge is -2.36. The summed E-state index contributed by atoms with van der Waals surface area (Å²) in [5.41, 5.74) is 0.829. The van der Waals surface area contributed by atoms with Crippen LogP contribution in [0.4, 0.5) is 4.39 Å². The zero-order chi connectivity index (χ0) is 14.5. The Kier molecular flexibility index (Phi) is 6.00. The molecule has 1 heterocycles. The number of benzene rings is 1. The molecule has 1 aliphatic heterocycles. The van der Waals surface area contributed by atoms with E-state index in [1.807, 2.05) is 6.07 Å². The molecule has 1 N–H and O–H groups in total. The maximum Gasteiger partial charge on any atom is 0.129 e. The topological polar surface area (TPSA) is 15.3 Å². The third-order valence-corrected chi connectivity index (χ3v) is 4.63. The summed E-state index contributed by atoms with van der Waals surface area (Å²) in [5.74, 6) is 0.553. The molecule has 4 heteroatoms. The van der Waals surface area contributed by atoms with Crippen LogP contribution in [-0.2, 0) is 0 Å². The maximum absolute atomic E-state index is 14.3.